The second kappa shape index (κ2) is 8.87. The number of carbonyl (C=O) groups is 1. The fourth-order valence-electron chi connectivity index (χ4n) is 3.35. The Morgan fingerprint density at radius 2 is 2.00 bits per heavy atom. The highest BCUT2D eigenvalue weighted by Crippen LogP contribution is 2.34. The van der Waals surface area contributed by atoms with Gasteiger partial charge in [0.2, 0.25) is 0 Å². The van der Waals surface area contributed by atoms with Gasteiger partial charge in [0.15, 0.2) is 0 Å². The van der Waals surface area contributed by atoms with Gasteiger partial charge in [-0.2, -0.15) is 5.26 Å². The van der Waals surface area contributed by atoms with E-state index in [0.29, 0.717) is 38.5 Å². The van der Waals surface area contributed by atoms with Crippen LogP contribution in [0.25, 0.3) is 0 Å². The molecule has 0 unspecified atom stereocenters. The molecule has 0 saturated carbocycles. The van der Waals surface area contributed by atoms with Crippen LogP contribution in [0.3, 0.4) is 0 Å². The molecule has 1 aromatic rings. The predicted molar refractivity (Wildman–Crippen MR) is 100 cm³/mol. The van der Waals surface area contributed by atoms with Crippen LogP contribution in [0.1, 0.15) is 38.7 Å². The van der Waals surface area contributed by atoms with E-state index in [4.69, 9.17) is 0 Å². The average Bonchev–Trinajstić information content (AvgIpc) is 2.67. The summed E-state index contributed by atoms with van der Waals surface area (Å²) in [5.74, 6) is 0. The van der Waals surface area contributed by atoms with E-state index in [1.807, 2.05) is 35.2 Å². The summed E-state index contributed by atoms with van der Waals surface area (Å²) in [6.07, 6.45) is 2.32. The topological polar surface area (TPSA) is 59.4 Å². The summed E-state index contributed by atoms with van der Waals surface area (Å²) in [4.78, 5) is 16.5. The van der Waals surface area contributed by atoms with Crippen molar-refractivity contribution in [2.45, 2.75) is 44.6 Å². The molecule has 5 heteroatoms. The van der Waals surface area contributed by atoms with Gasteiger partial charge < -0.3 is 15.1 Å². The Hall–Kier alpha value is -2.06. The van der Waals surface area contributed by atoms with E-state index in [2.05, 4.69) is 37.2 Å². The molecule has 0 bridgehead atoms. The number of nitrogens with zero attached hydrogens (tertiary/aromatic N) is 3. The van der Waals surface area contributed by atoms with Crippen molar-refractivity contribution in [3.63, 3.8) is 0 Å². The first-order valence-electron chi connectivity index (χ1n) is 9.22. The molecule has 0 radical (unpaired) electrons. The molecule has 1 N–H and O–H groups in total. The van der Waals surface area contributed by atoms with E-state index in [-0.39, 0.29) is 6.03 Å². The fraction of sp³-hybridized carbons (Fsp3) is 0.600. The summed E-state index contributed by atoms with van der Waals surface area (Å²) in [6, 6.07) is 12.9. The molecule has 0 aromatic heterocycles. The lowest BCUT2D eigenvalue weighted by Gasteiger charge is -2.37. The van der Waals surface area contributed by atoms with Crippen molar-refractivity contribution < 1.29 is 4.79 Å². The monoisotopic (exact) mass is 342 g/mol. The maximum absolute atomic E-state index is 12.4. The Balaban J connectivity index is 1.83. The second-order valence-corrected chi connectivity index (χ2v) is 6.99. The van der Waals surface area contributed by atoms with Crippen molar-refractivity contribution in [2.75, 3.05) is 33.2 Å². The van der Waals surface area contributed by atoms with Crippen molar-refractivity contribution in [3.05, 3.63) is 35.9 Å². The number of benzene rings is 1. The summed E-state index contributed by atoms with van der Waals surface area (Å²) >= 11 is 0. The second-order valence-electron chi connectivity index (χ2n) is 6.99. The number of piperidine rings is 1. The predicted octanol–water partition coefficient (Wildman–Crippen LogP) is 2.98. The minimum Gasteiger partial charge on any atom is -0.338 e. The molecule has 2 amide bonds. The molecule has 1 aromatic carbocycles. The molecule has 1 fully saturated rings. The average molecular weight is 342 g/mol. The van der Waals surface area contributed by atoms with Crippen molar-refractivity contribution in [1.29, 1.82) is 5.26 Å². The standard InChI is InChI=1S/C20H30N4O/c1-4-23(3)17(2)10-13-22-19(25)24-14-11-20(16-21,12-15-24)18-8-6-5-7-9-18/h5-9,17H,4,10-15H2,1-3H3,(H,22,25)/t17-/m0/s1. The van der Waals surface area contributed by atoms with Crippen molar-refractivity contribution in [1.82, 2.24) is 15.1 Å². The zero-order valence-corrected chi connectivity index (χ0v) is 15.7. The first kappa shape index (κ1) is 19.3. The van der Waals surface area contributed by atoms with Crippen molar-refractivity contribution in [2.24, 2.45) is 0 Å². The molecular formula is C20H30N4O. The summed E-state index contributed by atoms with van der Waals surface area (Å²) in [5, 5.41) is 12.7. The van der Waals surface area contributed by atoms with Crippen LogP contribution in [0.5, 0.6) is 0 Å². The van der Waals surface area contributed by atoms with Crippen LogP contribution in [0.15, 0.2) is 30.3 Å². The van der Waals surface area contributed by atoms with Gasteiger partial charge in [-0.3, -0.25) is 0 Å². The van der Waals surface area contributed by atoms with Gasteiger partial charge in [0.1, 0.15) is 0 Å². The van der Waals surface area contributed by atoms with E-state index in [9.17, 15) is 10.1 Å². The van der Waals surface area contributed by atoms with Gasteiger partial charge in [-0.25, -0.2) is 4.79 Å². The maximum Gasteiger partial charge on any atom is 0.317 e. The maximum atomic E-state index is 12.4. The van der Waals surface area contributed by atoms with Gasteiger partial charge in [-0.1, -0.05) is 37.3 Å². The fourth-order valence-corrected chi connectivity index (χ4v) is 3.35. The largest absolute Gasteiger partial charge is 0.338 e. The number of urea groups is 1. The number of likely N-dealkylation sites (tertiary alicyclic amines) is 1. The van der Waals surface area contributed by atoms with Crippen molar-refractivity contribution in [3.8, 4) is 6.07 Å². The molecule has 1 aliphatic rings. The van der Waals surface area contributed by atoms with Crippen LogP contribution in [0, 0.1) is 11.3 Å². The quantitative estimate of drug-likeness (QED) is 0.864. The smallest absolute Gasteiger partial charge is 0.317 e. The first-order chi connectivity index (χ1) is 12.0. The van der Waals surface area contributed by atoms with Crippen molar-refractivity contribution >= 4 is 6.03 Å². The molecule has 0 aliphatic carbocycles. The Labute approximate surface area is 151 Å². The Morgan fingerprint density at radius 3 is 2.56 bits per heavy atom. The molecule has 1 saturated heterocycles. The lowest BCUT2D eigenvalue weighted by Crippen LogP contribution is -2.49. The number of hydrogen-bond donors (Lipinski definition) is 1. The molecule has 0 spiro atoms. The Kier molecular flexibility index (Phi) is 6.83. The summed E-state index contributed by atoms with van der Waals surface area (Å²) < 4.78 is 0. The van der Waals surface area contributed by atoms with E-state index >= 15 is 0 Å². The molecule has 5 nitrogen and oxygen atoms in total. The molecule has 136 valence electrons. The van der Waals surface area contributed by atoms with Gasteiger partial charge in [-0.15, -0.1) is 0 Å². The van der Waals surface area contributed by atoms with Gasteiger partial charge in [0.05, 0.1) is 11.5 Å². The van der Waals surface area contributed by atoms with Gasteiger partial charge in [0, 0.05) is 25.7 Å². The van der Waals surface area contributed by atoms with Crippen LogP contribution >= 0.6 is 0 Å². The highest BCUT2D eigenvalue weighted by atomic mass is 16.2. The summed E-state index contributed by atoms with van der Waals surface area (Å²) in [6.45, 7) is 7.26. The third kappa shape index (κ3) is 4.73. The molecule has 1 aliphatic heterocycles. The van der Waals surface area contributed by atoms with Crippen LogP contribution in [-0.4, -0.2) is 55.1 Å². The third-order valence-electron chi connectivity index (χ3n) is 5.53. The minimum absolute atomic E-state index is 0.00838. The molecule has 2 rings (SSSR count). The molecular weight excluding hydrogens is 312 g/mol. The van der Waals surface area contributed by atoms with Gasteiger partial charge >= 0.3 is 6.03 Å². The zero-order valence-electron chi connectivity index (χ0n) is 15.7. The third-order valence-corrected chi connectivity index (χ3v) is 5.53. The number of nitrogens with one attached hydrogen (secondary N) is 1. The molecule has 1 heterocycles. The molecule has 1 atom stereocenters. The van der Waals surface area contributed by atoms with E-state index in [1.54, 1.807) is 0 Å². The van der Waals surface area contributed by atoms with E-state index in [1.165, 1.54) is 0 Å². The highest BCUT2D eigenvalue weighted by Gasteiger charge is 2.37. The zero-order chi connectivity index (χ0) is 18.3. The van der Waals surface area contributed by atoms with Gasteiger partial charge in [-0.05, 0) is 45.3 Å². The first-order valence-corrected chi connectivity index (χ1v) is 9.22. The normalized spacial score (nSPS) is 17.8. The summed E-state index contributed by atoms with van der Waals surface area (Å²) in [5.41, 5.74) is 0.602. The van der Waals surface area contributed by atoms with E-state index < -0.39 is 5.41 Å². The molecule has 25 heavy (non-hydrogen) atoms. The van der Waals surface area contributed by atoms with Crippen LogP contribution in [0.2, 0.25) is 0 Å². The Bertz CT molecular complexity index is 587. The number of hydrogen-bond acceptors (Lipinski definition) is 3. The van der Waals surface area contributed by atoms with E-state index in [0.717, 1.165) is 18.5 Å². The number of carbonyl (C=O) groups excluding carboxylic acids is 1. The minimum atomic E-state index is -0.462. The Morgan fingerprint density at radius 1 is 1.36 bits per heavy atom. The lowest BCUT2D eigenvalue weighted by atomic mass is 9.74. The van der Waals surface area contributed by atoms with Crippen LogP contribution in [0.4, 0.5) is 4.79 Å². The highest BCUT2D eigenvalue weighted by molar-refractivity contribution is 5.74. The van der Waals surface area contributed by atoms with Gasteiger partial charge in [0.25, 0.3) is 0 Å². The van der Waals surface area contributed by atoms with Crippen LogP contribution in [-0.2, 0) is 5.41 Å². The number of nitriles is 1. The lowest BCUT2D eigenvalue weighted by molar-refractivity contribution is 0.169. The number of rotatable bonds is 6. The summed E-state index contributed by atoms with van der Waals surface area (Å²) in [7, 11) is 2.10. The number of amides is 2. The SMILES string of the molecule is CCN(C)[C@@H](C)CCNC(=O)N1CCC(C#N)(c2ccccc2)CC1. The van der Waals surface area contributed by atoms with Crippen LogP contribution < -0.4 is 5.32 Å².